The van der Waals surface area contributed by atoms with Crippen molar-refractivity contribution in [2.75, 3.05) is 0 Å². The molecule has 0 spiro atoms. The Morgan fingerprint density at radius 2 is 1.38 bits per heavy atom. The first-order chi connectivity index (χ1) is 9.82. The lowest BCUT2D eigenvalue weighted by atomic mass is 9.81. The van der Waals surface area contributed by atoms with E-state index in [2.05, 4.69) is 0 Å². The maximum Gasteiger partial charge on any atom is 0.201 e. The molecule has 2 aromatic rings. The molecule has 0 unspecified atom stereocenters. The van der Waals surface area contributed by atoms with Crippen LogP contribution in [-0.2, 0) is 0 Å². The average molecular weight is 284 g/mol. The largest absolute Gasteiger partial charge is 0.508 e. The Balaban J connectivity index is 2.42. The lowest BCUT2D eigenvalue weighted by Gasteiger charge is -2.21. The van der Waals surface area contributed by atoms with E-state index in [0.29, 0.717) is 5.56 Å². The van der Waals surface area contributed by atoms with Crippen LogP contribution in [0.4, 0.5) is 0 Å². The van der Waals surface area contributed by atoms with Gasteiger partial charge in [-0.25, -0.2) is 0 Å². The standard InChI is InChI=1S/C16H12O5/c1-6-3-8-12(11(18)4-6)16(21)13-9(15(8)20)5-10(17)7(2)14(13)19/h3-5,17-19H,1-2H3. The zero-order valence-electron chi connectivity index (χ0n) is 11.4. The number of ketones is 2. The van der Waals surface area contributed by atoms with Crippen molar-refractivity contribution in [3.63, 3.8) is 0 Å². The van der Waals surface area contributed by atoms with Gasteiger partial charge in [-0.15, -0.1) is 0 Å². The second kappa shape index (κ2) is 4.09. The van der Waals surface area contributed by atoms with E-state index in [1.807, 2.05) is 0 Å². The molecule has 0 amide bonds. The highest BCUT2D eigenvalue weighted by Gasteiger charge is 2.35. The molecule has 21 heavy (non-hydrogen) atoms. The first-order valence-electron chi connectivity index (χ1n) is 6.31. The molecule has 0 radical (unpaired) electrons. The summed E-state index contributed by atoms with van der Waals surface area (Å²) >= 11 is 0. The monoisotopic (exact) mass is 284 g/mol. The van der Waals surface area contributed by atoms with Crippen molar-refractivity contribution >= 4 is 11.6 Å². The van der Waals surface area contributed by atoms with Gasteiger partial charge >= 0.3 is 0 Å². The maximum absolute atomic E-state index is 12.5. The van der Waals surface area contributed by atoms with Gasteiger partial charge in [-0.05, 0) is 37.6 Å². The summed E-state index contributed by atoms with van der Waals surface area (Å²) < 4.78 is 0. The summed E-state index contributed by atoms with van der Waals surface area (Å²) in [5.74, 6) is -2.12. The van der Waals surface area contributed by atoms with Gasteiger partial charge in [0.25, 0.3) is 0 Å². The average Bonchev–Trinajstić information content (AvgIpc) is 2.41. The molecule has 0 saturated heterocycles. The number of benzene rings is 2. The van der Waals surface area contributed by atoms with Crippen molar-refractivity contribution < 1.29 is 24.9 Å². The second-order valence-corrected chi connectivity index (χ2v) is 5.16. The normalized spacial score (nSPS) is 13.0. The van der Waals surface area contributed by atoms with Gasteiger partial charge in [0.1, 0.15) is 17.2 Å². The van der Waals surface area contributed by atoms with E-state index in [1.165, 1.54) is 25.1 Å². The first kappa shape index (κ1) is 13.2. The third kappa shape index (κ3) is 1.64. The molecule has 0 saturated carbocycles. The highest BCUT2D eigenvalue weighted by Crippen LogP contribution is 2.41. The number of phenolic OH excluding ortho intramolecular Hbond substituents is 3. The van der Waals surface area contributed by atoms with Crippen molar-refractivity contribution in [3.8, 4) is 17.2 Å². The number of rotatable bonds is 0. The Hall–Kier alpha value is -2.82. The summed E-state index contributed by atoms with van der Waals surface area (Å²) in [5.41, 5.74) is 0.479. The Labute approximate surface area is 120 Å². The minimum Gasteiger partial charge on any atom is -0.508 e. The summed E-state index contributed by atoms with van der Waals surface area (Å²) in [6.07, 6.45) is 0. The van der Waals surface area contributed by atoms with E-state index < -0.39 is 17.3 Å². The van der Waals surface area contributed by atoms with Gasteiger partial charge in [0.15, 0.2) is 5.78 Å². The van der Waals surface area contributed by atoms with Gasteiger partial charge in [-0.3, -0.25) is 9.59 Å². The molecule has 0 fully saturated rings. The van der Waals surface area contributed by atoms with E-state index in [-0.39, 0.29) is 39.3 Å². The molecule has 0 bridgehead atoms. The van der Waals surface area contributed by atoms with Crippen molar-refractivity contribution in [3.05, 3.63) is 51.6 Å². The molecule has 2 aromatic carbocycles. The molecule has 0 heterocycles. The van der Waals surface area contributed by atoms with Crippen molar-refractivity contribution in [2.45, 2.75) is 13.8 Å². The van der Waals surface area contributed by atoms with Crippen LogP contribution < -0.4 is 0 Å². The van der Waals surface area contributed by atoms with Crippen molar-refractivity contribution in [2.24, 2.45) is 0 Å². The number of aryl methyl sites for hydroxylation is 1. The van der Waals surface area contributed by atoms with Crippen LogP contribution in [0.2, 0.25) is 0 Å². The lowest BCUT2D eigenvalue weighted by Crippen LogP contribution is -2.21. The van der Waals surface area contributed by atoms with Gasteiger partial charge in [0.05, 0.1) is 11.1 Å². The number of fused-ring (bicyclic) bond motifs is 2. The smallest absolute Gasteiger partial charge is 0.201 e. The Morgan fingerprint density at radius 3 is 2.05 bits per heavy atom. The molecule has 0 atom stereocenters. The molecule has 5 nitrogen and oxygen atoms in total. The lowest BCUT2D eigenvalue weighted by molar-refractivity contribution is 0.0973. The number of hydrogen-bond acceptors (Lipinski definition) is 5. The molecule has 3 N–H and O–H groups in total. The van der Waals surface area contributed by atoms with Crippen LogP contribution in [0.3, 0.4) is 0 Å². The Morgan fingerprint density at radius 1 is 0.762 bits per heavy atom. The van der Waals surface area contributed by atoms with E-state index in [4.69, 9.17) is 0 Å². The first-order valence-corrected chi connectivity index (χ1v) is 6.31. The molecule has 1 aliphatic carbocycles. The molecule has 0 aromatic heterocycles. The van der Waals surface area contributed by atoms with Gasteiger partial charge in [0.2, 0.25) is 5.78 Å². The summed E-state index contributed by atoms with van der Waals surface area (Å²) in [4.78, 5) is 25.0. The van der Waals surface area contributed by atoms with Gasteiger partial charge in [-0.1, -0.05) is 0 Å². The van der Waals surface area contributed by atoms with Crippen LogP contribution in [-0.4, -0.2) is 26.9 Å². The molecular weight excluding hydrogens is 272 g/mol. The van der Waals surface area contributed by atoms with Crippen LogP contribution in [0, 0.1) is 13.8 Å². The maximum atomic E-state index is 12.5. The van der Waals surface area contributed by atoms with Crippen LogP contribution in [0.1, 0.15) is 43.0 Å². The zero-order chi connectivity index (χ0) is 15.5. The molecule has 106 valence electrons. The van der Waals surface area contributed by atoms with E-state index in [0.717, 1.165) is 0 Å². The van der Waals surface area contributed by atoms with Crippen molar-refractivity contribution in [1.29, 1.82) is 0 Å². The predicted molar refractivity (Wildman–Crippen MR) is 74.2 cm³/mol. The van der Waals surface area contributed by atoms with Crippen LogP contribution in [0.5, 0.6) is 17.2 Å². The summed E-state index contributed by atoms with van der Waals surface area (Å²) in [6.45, 7) is 3.13. The Bertz CT molecular complexity index is 833. The summed E-state index contributed by atoms with van der Waals surface area (Å²) in [5, 5.41) is 29.8. The molecule has 0 aliphatic heterocycles. The fourth-order valence-electron chi connectivity index (χ4n) is 2.62. The second-order valence-electron chi connectivity index (χ2n) is 5.16. The molecule has 1 aliphatic rings. The van der Waals surface area contributed by atoms with Gasteiger partial charge < -0.3 is 15.3 Å². The Kier molecular flexibility index (Phi) is 2.56. The fraction of sp³-hybridized carbons (Fsp3) is 0.125. The van der Waals surface area contributed by atoms with Gasteiger partial charge in [-0.2, -0.15) is 0 Å². The van der Waals surface area contributed by atoms with E-state index in [1.54, 1.807) is 6.92 Å². The zero-order valence-corrected chi connectivity index (χ0v) is 11.4. The van der Waals surface area contributed by atoms with E-state index in [9.17, 15) is 24.9 Å². The van der Waals surface area contributed by atoms with E-state index >= 15 is 0 Å². The minimum atomic E-state index is -0.627. The van der Waals surface area contributed by atoms with Crippen LogP contribution >= 0.6 is 0 Å². The van der Waals surface area contributed by atoms with Gasteiger partial charge in [0, 0.05) is 16.7 Å². The fourth-order valence-corrected chi connectivity index (χ4v) is 2.62. The number of phenols is 3. The quantitative estimate of drug-likeness (QED) is 0.588. The predicted octanol–water partition coefficient (Wildman–Crippen LogP) is 2.20. The van der Waals surface area contributed by atoms with Crippen molar-refractivity contribution in [1.82, 2.24) is 0 Å². The number of carbonyl (C=O) groups excluding carboxylic acids is 2. The summed E-state index contributed by atoms with van der Waals surface area (Å²) in [7, 11) is 0. The number of hydrogen-bond donors (Lipinski definition) is 3. The SMILES string of the molecule is Cc1cc(O)c2c(c1)C(=O)c1cc(O)c(C)c(O)c1C2=O. The number of carbonyl (C=O) groups is 2. The third-order valence-corrected chi connectivity index (χ3v) is 3.73. The van der Waals surface area contributed by atoms with Crippen LogP contribution in [0.25, 0.3) is 0 Å². The third-order valence-electron chi connectivity index (χ3n) is 3.73. The van der Waals surface area contributed by atoms with Crippen LogP contribution in [0.15, 0.2) is 18.2 Å². The molecule has 5 heteroatoms. The topological polar surface area (TPSA) is 94.8 Å². The number of aromatic hydroxyl groups is 3. The highest BCUT2D eigenvalue weighted by molar-refractivity contribution is 6.30. The molecule has 3 rings (SSSR count). The summed E-state index contributed by atoms with van der Waals surface area (Å²) in [6, 6.07) is 4.07. The minimum absolute atomic E-state index is 0.0573. The highest BCUT2D eigenvalue weighted by atomic mass is 16.3. The molecular formula is C16H12O5.